The first-order chi connectivity index (χ1) is 11.6. The number of nitrogens with zero attached hydrogens (tertiary/aromatic N) is 2. The summed E-state index contributed by atoms with van der Waals surface area (Å²) in [7, 11) is 2.19. The molecule has 0 amide bonds. The minimum atomic E-state index is 0.361. The van der Waals surface area contributed by atoms with E-state index in [2.05, 4.69) is 41.1 Å². The van der Waals surface area contributed by atoms with Crippen LogP contribution in [-0.2, 0) is 6.42 Å². The molecule has 1 fully saturated rings. The van der Waals surface area contributed by atoms with E-state index in [9.17, 15) is 0 Å². The topological polar surface area (TPSA) is 6.48 Å². The third-order valence-corrected chi connectivity index (χ3v) is 6.92. The maximum absolute atomic E-state index is 6.57. The second-order valence-corrected chi connectivity index (χ2v) is 8.47. The first-order valence-electron chi connectivity index (χ1n) is 8.29. The molecule has 0 radical (unpaired) electrons. The molecule has 126 valence electrons. The Kier molecular flexibility index (Phi) is 4.81. The summed E-state index contributed by atoms with van der Waals surface area (Å²) in [5.74, 6) is 0. The maximum Gasteiger partial charge on any atom is 0.0548 e. The summed E-state index contributed by atoms with van der Waals surface area (Å²) in [6.45, 7) is 4.41. The summed E-state index contributed by atoms with van der Waals surface area (Å²) in [6.07, 6.45) is 0.986. The molecule has 2 aliphatic rings. The Balaban J connectivity index is 1.78. The van der Waals surface area contributed by atoms with Crippen molar-refractivity contribution in [2.24, 2.45) is 0 Å². The van der Waals surface area contributed by atoms with Gasteiger partial charge < -0.3 is 4.90 Å². The Morgan fingerprint density at radius 3 is 2.62 bits per heavy atom. The van der Waals surface area contributed by atoms with Gasteiger partial charge in [0, 0.05) is 47.0 Å². The molecular weight excluding hydrogens is 359 g/mol. The quantitative estimate of drug-likeness (QED) is 0.689. The van der Waals surface area contributed by atoms with Crippen molar-refractivity contribution >= 4 is 35.0 Å². The summed E-state index contributed by atoms with van der Waals surface area (Å²) in [4.78, 5) is 7.46. The van der Waals surface area contributed by atoms with Crippen molar-refractivity contribution in [1.29, 1.82) is 0 Å². The monoisotopic (exact) mass is 378 g/mol. The summed E-state index contributed by atoms with van der Waals surface area (Å²) in [5.41, 5.74) is 2.67. The molecule has 2 heterocycles. The molecule has 0 unspecified atom stereocenters. The highest BCUT2D eigenvalue weighted by molar-refractivity contribution is 7.99. The van der Waals surface area contributed by atoms with Gasteiger partial charge in [0.05, 0.1) is 5.02 Å². The SMILES string of the molecule is CN1CCN([C@H]2Cc3cc(Cl)ccc3Sc3c(Cl)cccc32)CC1. The minimum Gasteiger partial charge on any atom is -0.304 e. The average molecular weight is 379 g/mol. The molecule has 2 nitrogen and oxygen atoms in total. The van der Waals surface area contributed by atoms with E-state index in [0.717, 1.165) is 42.6 Å². The van der Waals surface area contributed by atoms with Crippen LogP contribution in [-0.4, -0.2) is 43.0 Å². The van der Waals surface area contributed by atoms with Crippen LogP contribution in [0.25, 0.3) is 0 Å². The molecule has 2 aliphatic heterocycles. The highest BCUT2D eigenvalue weighted by Crippen LogP contribution is 2.46. The van der Waals surface area contributed by atoms with Crippen LogP contribution in [0, 0.1) is 0 Å². The van der Waals surface area contributed by atoms with Crippen LogP contribution in [0.4, 0.5) is 0 Å². The first kappa shape index (κ1) is 16.7. The lowest BCUT2D eigenvalue weighted by Gasteiger charge is -2.38. The van der Waals surface area contributed by atoms with E-state index in [1.807, 2.05) is 12.1 Å². The van der Waals surface area contributed by atoms with Crippen LogP contribution in [0.5, 0.6) is 0 Å². The van der Waals surface area contributed by atoms with E-state index in [1.54, 1.807) is 11.8 Å². The number of halogens is 2. The molecule has 1 atom stereocenters. The molecule has 0 N–H and O–H groups in total. The molecule has 2 aromatic rings. The zero-order chi connectivity index (χ0) is 16.7. The first-order valence-corrected chi connectivity index (χ1v) is 9.86. The minimum absolute atomic E-state index is 0.361. The van der Waals surface area contributed by atoms with E-state index in [0.29, 0.717) is 6.04 Å². The van der Waals surface area contributed by atoms with Crippen molar-refractivity contribution in [2.75, 3.05) is 33.2 Å². The van der Waals surface area contributed by atoms with Crippen LogP contribution in [0.1, 0.15) is 17.2 Å². The van der Waals surface area contributed by atoms with Crippen molar-refractivity contribution < 1.29 is 0 Å². The van der Waals surface area contributed by atoms with Gasteiger partial charge in [0.25, 0.3) is 0 Å². The Labute approximate surface area is 157 Å². The summed E-state index contributed by atoms with van der Waals surface area (Å²) < 4.78 is 0. The lowest BCUT2D eigenvalue weighted by atomic mass is 9.96. The van der Waals surface area contributed by atoms with Gasteiger partial charge in [0.2, 0.25) is 0 Å². The molecule has 0 bridgehead atoms. The van der Waals surface area contributed by atoms with Crippen molar-refractivity contribution in [3.05, 3.63) is 57.6 Å². The largest absolute Gasteiger partial charge is 0.304 e. The number of benzene rings is 2. The average Bonchev–Trinajstić information content (AvgIpc) is 2.73. The number of fused-ring (bicyclic) bond motifs is 2. The zero-order valence-electron chi connectivity index (χ0n) is 13.6. The fourth-order valence-corrected chi connectivity index (χ4v) is 5.20. The number of hydrogen-bond donors (Lipinski definition) is 0. The standard InChI is InChI=1S/C19H20Cl2N2S/c1-22-7-9-23(10-8-22)17-12-13-11-14(20)5-6-18(13)24-19-15(17)3-2-4-16(19)21/h2-6,11,17H,7-10,12H2,1H3/t17-/m0/s1. The highest BCUT2D eigenvalue weighted by atomic mass is 35.5. The molecule has 1 saturated heterocycles. The molecule has 0 aromatic heterocycles. The van der Waals surface area contributed by atoms with Gasteiger partial charge in [0.15, 0.2) is 0 Å². The van der Waals surface area contributed by atoms with E-state index in [4.69, 9.17) is 23.2 Å². The van der Waals surface area contributed by atoms with Crippen LogP contribution in [0.3, 0.4) is 0 Å². The molecule has 0 aliphatic carbocycles. The third-order valence-electron chi connectivity index (χ3n) is 4.98. The smallest absolute Gasteiger partial charge is 0.0548 e. The fourth-order valence-electron chi connectivity index (χ4n) is 3.59. The molecule has 0 saturated carbocycles. The molecule has 2 aromatic carbocycles. The van der Waals surface area contributed by atoms with Gasteiger partial charge in [-0.2, -0.15) is 0 Å². The Bertz CT molecular complexity index is 757. The number of rotatable bonds is 1. The molecule has 5 heteroatoms. The van der Waals surface area contributed by atoms with Gasteiger partial charge >= 0.3 is 0 Å². The molecule has 0 spiro atoms. The van der Waals surface area contributed by atoms with Crippen molar-refractivity contribution in [3.63, 3.8) is 0 Å². The highest BCUT2D eigenvalue weighted by Gasteiger charge is 2.30. The van der Waals surface area contributed by atoms with Crippen LogP contribution in [0.15, 0.2) is 46.2 Å². The van der Waals surface area contributed by atoms with Crippen molar-refractivity contribution in [2.45, 2.75) is 22.3 Å². The van der Waals surface area contributed by atoms with Crippen LogP contribution in [0.2, 0.25) is 10.0 Å². The lowest BCUT2D eigenvalue weighted by Crippen LogP contribution is -2.46. The number of hydrogen-bond acceptors (Lipinski definition) is 3. The summed E-state index contributed by atoms with van der Waals surface area (Å²) in [6, 6.07) is 12.9. The van der Waals surface area contributed by atoms with Crippen molar-refractivity contribution in [3.8, 4) is 0 Å². The van der Waals surface area contributed by atoms with Crippen molar-refractivity contribution in [1.82, 2.24) is 9.80 Å². The van der Waals surface area contributed by atoms with E-state index in [-0.39, 0.29) is 0 Å². The predicted molar refractivity (Wildman–Crippen MR) is 103 cm³/mol. The number of piperazine rings is 1. The zero-order valence-corrected chi connectivity index (χ0v) is 16.0. The lowest BCUT2D eigenvalue weighted by molar-refractivity contribution is 0.110. The van der Waals surface area contributed by atoms with Gasteiger partial charge in [-0.3, -0.25) is 4.90 Å². The Morgan fingerprint density at radius 2 is 1.83 bits per heavy atom. The second-order valence-electron chi connectivity index (χ2n) is 6.57. The number of likely N-dealkylation sites (N-methyl/N-ethyl adjacent to an activating group) is 1. The second kappa shape index (κ2) is 6.89. The van der Waals surface area contributed by atoms with Gasteiger partial charge in [-0.25, -0.2) is 0 Å². The molecule has 4 rings (SSSR count). The summed E-state index contributed by atoms with van der Waals surface area (Å²) in [5, 5.41) is 1.66. The molecular formula is C19H20Cl2N2S. The third kappa shape index (κ3) is 3.21. The maximum atomic E-state index is 6.57. The fraction of sp³-hybridized carbons (Fsp3) is 0.368. The van der Waals surface area contributed by atoms with Gasteiger partial charge in [-0.15, -0.1) is 0 Å². The van der Waals surface area contributed by atoms with Gasteiger partial charge in [-0.1, -0.05) is 47.1 Å². The molecule has 24 heavy (non-hydrogen) atoms. The predicted octanol–water partition coefficient (Wildman–Crippen LogP) is 4.99. The summed E-state index contributed by atoms with van der Waals surface area (Å²) >= 11 is 14.6. The van der Waals surface area contributed by atoms with Gasteiger partial charge in [0.1, 0.15) is 0 Å². The van der Waals surface area contributed by atoms with E-state index in [1.165, 1.54) is 20.9 Å². The van der Waals surface area contributed by atoms with E-state index < -0.39 is 0 Å². The Morgan fingerprint density at radius 1 is 1.04 bits per heavy atom. The van der Waals surface area contributed by atoms with Gasteiger partial charge in [-0.05, 0) is 48.9 Å². The van der Waals surface area contributed by atoms with Crippen LogP contribution < -0.4 is 0 Å². The van der Waals surface area contributed by atoms with E-state index >= 15 is 0 Å². The Hall–Kier alpha value is -0.710. The van der Waals surface area contributed by atoms with Crippen LogP contribution >= 0.6 is 35.0 Å². The normalized spacial score (nSPS) is 21.9.